The summed E-state index contributed by atoms with van der Waals surface area (Å²) in [6, 6.07) is 18.0. The van der Waals surface area contributed by atoms with Crippen molar-refractivity contribution in [2.45, 2.75) is 25.3 Å². The Morgan fingerprint density at radius 1 is 0.973 bits per heavy atom. The smallest absolute Gasteiger partial charge is 0.343 e. The van der Waals surface area contributed by atoms with Gasteiger partial charge in [0.1, 0.15) is 5.82 Å². The average molecular weight is 521 g/mol. The Morgan fingerprint density at radius 3 is 2.30 bits per heavy atom. The highest BCUT2D eigenvalue weighted by atomic mass is 32.2. The molecule has 1 aliphatic rings. The van der Waals surface area contributed by atoms with Crippen LogP contribution in [-0.4, -0.2) is 54.6 Å². The zero-order valence-corrected chi connectivity index (χ0v) is 21.7. The topological polar surface area (TPSA) is 109 Å². The lowest BCUT2D eigenvalue weighted by molar-refractivity contribution is -0.113. The largest absolute Gasteiger partial charge is 0.420 e. The molecule has 2 heterocycles. The number of benzene rings is 2. The minimum atomic E-state index is -4.06. The van der Waals surface area contributed by atoms with Crippen molar-refractivity contribution < 1.29 is 22.7 Å². The third-order valence-electron chi connectivity index (χ3n) is 6.11. The first-order chi connectivity index (χ1) is 17.8. The van der Waals surface area contributed by atoms with Gasteiger partial charge in [0.15, 0.2) is 11.5 Å². The van der Waals surface area contributed by atoms with E-state index in [-0.39, 0.29) is 33.3 Å². The summed E-state index contributed by atoms with van der Waals surface area (Å²) in [4.78, 5) is 32.7. The third kappa shape index (κ3) is 5.40. The van der Waals surface area contributed by atoms with Crippen molar-refractivity contribution in [3.8, 4) is 0 Å². The Morgan fingerprint density at radius 2 is 1.65 bits per heavy atom. The van der Waals surface area contributed by atoms with E-state index in [1.54, 1.807) is 42.5 Å². The predicted molar refractivity (Wildman–Crippen MR) is 140 cm³/mol. The first-order valence-corrected chi connectivity index (χ1v) is 13.3. The fourth-order valence-electron chi connectivity index (χ4n) is 3.98. The van der Waals surface area contributed by atoms with E-state index < -0.39 is 21.9 Å². The molecule has 0 saturated heterocycles. The van der Waals surface area contributed by atoms with E-state index in [1.165, 1.54) is 25.4 Å². The quantitative estimate of drug-likeness (QED) is 0.451. The zero-order chi connectivity index (χ0) is 26.6. The van der Waals surface area contributed by atoms with Crippen molar-refractivity contribution in [2.75, 3.05) is 25.5 Å². The van der Waals surface area contributed by atoms with Gasteiger partial charge in [-0.15, -0.1) is 0 Å². The molecule has 0 saturated carbocycles. The number of carbonyl (C=O) groups excluding carboxylic acids is 2. The van der Waals surface area contributed by atoms with Crippen LogP contribution >= 0.6 is 0 Å². The standard InChI is InChI=1S/C27H28N4O5S/c1-4-31(5-2)18-19-13-15-20(16-14-19)27(33)36-25-21-10-6-7-11-22(21)37(34,35)30(3)24(25)26(32)29-23-12-8-9-17-28-23/h6-17H,4-5,18H2,1-3H3,(H,28,29,32). The number of fused-ring (bicyclic) bond motifs is 1. The lowest BCUT2D eigenvalue weighted by atomic mass is 10.1. The summed E-state index contributed by atoms with van der Waals surface area (Å²) in [5, 5.41) is 2.58. The SMILES string of the molecule is CCN(CC)Cc1ccc(C(=O)OC2=C(C(=O)Nc3ccccn3)N(C)S(=O)(=O)c3ccccc32)cc1. The van der Waals surface area contributed by atoms with Crippen LogP contribution in [0, 0.1) is 0 Å². The monoisotopic (exact) mass is 520 g/mol. The van der Waals surface area contributed by atoms with Crippen LogP contribution in [-0.2, 0) is 26.1 Å². The molecule has 37 heavy (non-hydrogen) atoms. The second-order valence-electron chi connectivity index (χ2n) is 8.36. The van der Waals surface area contributed by atoms with Gasteiger partial charge in [-0.25, -0.2) is 18.2 Å². The molecule has 2 aromatic carbocycles. The van der Waals surface area contributed by atoms with Crippen LogP contribution in [0.15, 0.2) is 83.5 Å². The number of rotatable bonds is 8. The van der Waals surface area contributed by atoms with E-state index in [4.69, 9.17) is 4.74 Å². The van der Waals surface area contributed by atoms with Crippen molar-refractivity contribution in [1.29, 1.82) is 0 Å². The van der Waals surface area contributed by atoms with Gasteiger partial charge in [0.05, 0.1) is 10.5 Å². The molecule has 3 aromatic rings. The summed E-state index contributed by atoms with van der Waals surface area (Å²) in [5.41, 5.74) is 1.12. The maximum atomic E-state index is 13.3. The number of nitrogens with zero attached hydrogens (tertiary/aromatic N) is 3. The lowest BCUT2D eigenvalue weighted by Crippen LogP contribution is -2.38. The molecule has 0 atom stereocenters. The molecule has 10 heteroatoms. The fourth-order valence-corrected chi connectivity index (χ4v) is 5.37. The minimum Gasteiger partial charge on any atom is -0.420 e. The molecule has 1 N–H and O–H groups in total. The Kier molecular flexibility index (Phi) is 7.70. The molecule has 0 radical (unpaired) electrons. The van der Waals surface area contributed by atoms with E-state index in [1.807, 2.05) is 12.1 Å². The molecule has 0 bridgehead atoms. The number of ether oxygens (including phenoxy) is 1. The van der Waals surface area contributed by atoms with E-state index >= 15 is 0 Å². The third-order valence-corrected chi connectivity index (χ3v) is 7.92. The van der Waals surface area contributed by atoms with Crippen molar-refractivity contribution >= 4 is 33.5 Å². The van der Waals surface area contributed by atoms with E-state index in [0.29, 0.717) is 0 Å². The van der Waals surface area contributed by atoms with E-state index in [9.17, 15) is 18.0 Å². The average Bonchev–Trinajstić information content (AvgIpc) is 2.91. The molecule has 192 valence electrons. The summed E-state index contributed by atoms with van der Waals surface area (Å²) in [5.74, 6) is -1.43. The molecule has 1 aromatic heterocycles. The first kappa shape index (κ1) is 26.1. The van der Waals surface area contributed by atoms with Gasteiger partial charge in [-0.1, -0.05) is 44.2 Å². The number of aromatic nitrogens is 1. The van der Waals surface area contributed by atoms with Gasteiger partial charge in [0.25, 0.3) is 15.9 Å². The number of anilines is 1. The normalized spacial score (nSPS) is 14.3. The highest BCUT2D eigenvalue weighted by molar-refractivity contribution is 7.89. The van der Waals surface area contributed by atoms with Crippen LogP contribution in [0.25, 0.3) is 5.76 Å². The Hall–Kier alpha value is -4.02. The number of likely N-dealkylation sites (N-methyl/N-ethyl adjacent to an activating group) is 1. The summed E-state index contributed by atoms with van der Waals surface area (Å²) in [7, 11) is -2.82. The summed E-state index contributed by atoms with van der Waals surface area (Å²) < 4.78 is 33.0. The number of amides is 1. The summed E-state index contributed by atoms with van der Waals surface area (Å²) in [6.45, 7) is 6.75. The second kappa shape index (κ2) is 10.9. The van der Waals surface area contributed by atoms with Crippen molar-refractivity contribution in [3.63, 3.8) is 0 Å². The van der Waals surface area contributed by atoms with Crippen molar-refractivity contribution in [1.82, 2.24) is 14.2 Å². The number of hydrogen-bond donors (Lipinski definition) is 1. The van der Waals surface area contributed by atoms with Gasteiger partial charge in [-0.05, 0) is 55.1 Å². The predicted octanol–water partition coefficient (Wildman–Crippen LogP) is 3.72. The molecular weight excluding hydrogens is 492 g/mol. The van der Waals surface area contributed by atoms with Crippen LogP contribution in [0.4, 0.5) is 5.82 Å². The first-order valence-electron chi connectivity index (χ1n) is 11.8. The highest BCUT2D eigenvalue weighted by Crippen LogP contribution is 2.37. The number of carbonyl (C=O) groups is 2. The maximum absolute atomic E-state index is 13.3. The number of hydrogen-bond acceptors (Lipinski definition) is 7. The van der Waals surface area contributed by atoms with E-state index in [2.05, 4.69) is 29.0 Å². The maximum Gasteiger partial charge on any atom is 0.343 e. The van der Waals surface area contributed by atoms with Crippen LogP contribution in [0.3, 0.4) is 0 Å². The second-order valence-corrected chi connectivity index (χ2v) is 10.3. The van der Waals surface area contributed by atoms with Crippen LogP contribution in [0.2, 0.25) is 0 Å². The van der Waals surface area contributed by atoms with Crippen molar-refractivity contribution in [2.24, 2.45) is 0 Å². The number of sulfonamides is 1. The molecule has 0 unspecified atom stereocenters. The van der Waals surface area contributed by atoms with Crippen LogP contribution in [0.1, 0.15) is 35.3 Å². The molecule has 1 amide bonds. The molecule has 0 spiro atoms. The molecule has 0 fully saturated rings. The lowest BCUT2D eigenvalue weighted by Gasteiger charge is -2.30. The van der Waals surface area contributed by atoms with E-state index in [0.717, 1.165) is 29.5 Å². The number of nitrogens with one attached hydrogen (secondary N) is 1. The Labute approximate surface area is 216 Å². The fraction of sp³-hybridized carbons (Fsp3) is 0.222. The van der Waals surface area contributed by atoms with Gasteiger partial charge >= 0.3 is 5.97 Å². The number of pyridine rings is 1. The molecular formula is C27H28N4O5S. The van der Waals surface area contributed by atoms with Crippen molar-refractivity contribution in [3.05, 3.63) is 95.3 Å². The zero-order valence-electron chi connectivity index (χ0n) is 20.8. The summed E-state index contributed by atoms with van der Waals surface area (Å²) >= 11 is 0. The van der Waals surface area contributed by atoms with Gasteiger partial charge in [0.2, 0.25) is 0 Å². The van der Waals surface area contributed by atoms with Gasteiger partial charge in [-0.3, -0.25) is 14.0 Å². The molecule has 1 aliphatic heterocycles. The van der Waals surface area contributed by atoms with Gasteiger partial charge < -0.3 is 10.1 Å². The number of esters is 1. The molecule has 0 aliphatic carbocycles. The van der Waals surface area contributed by atoms with Crippen LogP contribution in [0.5, 0.6) is 0 Å². The summed E-state index contributed by atoms with van der Waals surface area (Å²) in [6.07, 6.45) is 1.49. The molecule has 9 nitrogen and oxygen atoms in total. The Balaban J connectivity index is 1.71. The highest BCUT2D eigenvalue weighted by Gasteiger charge is 2.39. The van der Waals surface area contributed by atoms with Gasteiger partial charge in [-0.2, -0.15) is 0 Å². The van der Waals surface area contributed by atoms with Crippen LogP contribution < -0.4 is 5.32 Å². The Bertz CT molecular complexity index is 1430. The van der Waals surface area contributed by atoms with Gasteiger partial charge in [0, 0.05) is 25.4 Å². The minimum absolute atomic E-state index is 0.0655. The molecule has 4 rings (SSSR count).